The third-order valence-corrected chi connectivity index (χ3v) is 4.44. The molecule has 3 rings (SSSR count). The molecule has 0 aliphatic rings. The number of carbonyl (C=O) groups excluding carboxylic acids is 1. The average Bonchev–Trinajstić information content (AvgIpc) is 2.69. The number of hydrogen-bond acceptors (Lipinski definition) is 6. The van der Waals surface area contributed by atoms with E-state index in [-0.39, 0.29) is 5.91 Å². The fraction of sp³-hybridized carbons (Fsp3) is 0.105. The Morgan fingerprint density at radius 1 is 1.04 bits per heavy atom. The van der Waals surface area contributed by atoms with Crippen LogP contribution in [0.5, 0.6) is 0 Å². The highest BCUT2D eigenvalue weighted by molar-refractivity contribution is 9.10. The molecule has 7 nitrogen and oxygen atoms in total. The minimum Gasteiger partial charge on any atom is -0.393 e. The summed E-state index contributed by atoms with van der Waals surface area (Å²) in [5.74, 6) is 0.461. The van der Waals surface area contributed by atoms with Crippen molar-refractivity contribution in [3.63, 3.8) is 0 Å². The Bertz CT molecular complexity index is 928. The highest BCUT2D eigenvalue weighted by atomic mass is 79.9. The first-order valence-electron chi connectivity index (χ1n) is 8.35. The van der Waals surface area contributed by atoms with Crippen molar-refractivity contribution < 1.29 is 4.79 Å². The maximum absolute atomic E-state index is 12.2. The third-order valence-electron chi connectivity index (χ3n) is 3.91. The Kier molecular flexibility index (Phi) is 5.87. The van der Waals surface area contributed by atoms with Gasteiger partial charge in [-0.15, -0.1) is 0 Å². The Morgan fingerprint density at radius 3 is 2.37 bits per heavy atom. The van der Waals surface area contributed by atoms with Gasteiger partial charge in [0.05, 0.1) is 0 Å². The van der Waals surface area contributed by atoms with Gasteiger partial charge in [0.25, 0.3) is 5.91 Å². The van der Waals surface area contributed by atoms with Gasteiger partial charge < -0.3 is 11.1 Å². The lowest BCUT2D eigenvalue weighted by atomic mass is 10.1. The van der Waals surface area contributed by atoms with Gasteiger partial charge in [-0.2, -0.15) is 0 Å². The monoisotopic (exact) mass is 426 g/mol. The molecule has 1 heterocycles. The molecular weight excluding hydrogens is 408 g/mol. The fourth-order valence-corrected chi connectivity index (χ4v) is 2.61. The number of benzene rings is 2. The van der Waals surface area contributed by atoms with Gasteiger partial charge in [0.2, 0.25) is 0 Å². The van der Waals surface area contributed by atoms with Gasteiger partial charge in [-0.1, -0.05) is 35.0 Å². The number of nitrogens with two attached hydrogens (primary N) is 1. The molecule has 5 N–H and O–H groups in total. The van der Waals surface area contributed by atoms with Crippen LogP contribution in [0.3, 0.4) is 0 Å². The van der Waals surface area contributed by atoms with Gasteiger partial charge in [-0.25, -0.2) is 9.97 Å². The van der Waals surface area contributed by atoms with Crippen molar-refractivity contribution in [2.75, 3.05) is 16.5 Å². The first kappa shape index (κ1) is 18.7. The molecule has 0 spiro atoms. The van der Waals surface area contributed by atoms with Gasteiger partial charge in [0.15, 0.2) is 11.6 Å². The van der Waals surface area contributed by atoms with Gasteiger partial charge in [0, 0.05) is 15.7 Å². The molecule has 0 unspecified atom stereocenters. The van der Waals surface area contributed by atoms with Crippen molar-refractivity contribution in [2.45, 2.75) is 13.3 Å². The zero-order valence-electron chi connectivity index (χ0n) is 14.7. The topological polar surface area (TPSA) is 105 Å². The fourth-order valence-electron chi connectivity index (χ4n) is 2.34. The van der Waals surface area contributed by atoms with Crippen LogP contribution < -0.4 is 21.9 Å². The molecule has 1 aromatic heterocycles. The van der Waals surface area contributed by atoms with E-state index in [1.807, 2.05) is 24.3 Å². The number of nitrogens with one attached hydrogen (secondary N) is 3. The van der Waals surface area contributed by atoms with Crippen LogP contribution in [0.15, 0.2) is 59.3 Å². The van der Waals surface area contributed by atoms with Gasteiger partial charge >= 0.3 is 0 Å². The maximum atomic E-state index is 12.2. The van der Waals surface area contributed by atoms with Crippen LogP contribution in [0.2, 0.25) is 0 Å². The normalized spacial score (nSPS) is 10.3. The van der Waals surface area contributed by atoms with Crippen molar-refractivity contribution in [3.05, 3.63) is 70.5 Å². The van der Waals surface area contributed by atoms with Gasteiger partial charge in [0.1, 0.15) is 12.0 Å². The van der Waals surface area contributed by atoms with Crippen molar-refractivity contribution in [3.8, 4) is 0 Å². The number of aromatic nitrogens is 2. The van der Waals surface area contributed by atoms with E-state index >= 15 is 0 Å². The van der Waals surface area contributed by atoms with E-state index in [1.54, 1.807) is 24.3 Å². The lowest BCUT2D eigenvalue weighted by molar-refractivity contribution is 0.0962. The molecule has 0 fully saturated rings. The number of anilines is 4. The summed E-state index contributed by atoms with van der Waals surface area (Å²) in [7, 11) is 0. The predicted octanol–water partition coefficient (Wildman–Crippen LogP) is 3.88. The molecule has 0 saturated carbocycles. The highest BCUT2D eigenvalue weighted by Crippen LogP contribution is 2.25. The molecular formula is C19H19BrN6O. The zero-order chi connectivity index (χ0) is 19.2. The first-order chi connectivity index (χ1) is 13.1. The quantitative estimate of drug-likeness (QED) is 0.445. The van der Waals surface area contributed by atoms with Crippen LogP contribution in [0.1, 0.15) is 22.8 Å². The van der Waals surface area contributed by atoms with Crippen LogP contribution in [0.4, 0.5) is 23.0 Å². The van der Waals surface area contributed by atoms with Crippen LogP contribution in [-0.2, 0) is 6.42 Å². The van der Waals surface area contributed by atoms with Crippen molar-refractivity contribution in [1.29, 1.82) is 0 Å². The van der Waals surface area contributed by atoms with E-state index in [1.165, 1.54) is 11.9 Å². The summed E-state index contributed by atoms with van der Waals surface area (Å²) in [6.45, 7) is 2.10. The summed E-state index contributed by atoms with van der Waals surface area (Å²) in [6.07, 6.45) is 2.34. The SMILES string of the molecule is CCc1ccc(Nc2ncnc(NNC(=O)c3ccc(Br)cc3)c2N)cc1. The van der Waals surface area contributed by atoms with Crippen molar-refractivity contribution in [1.82, 2.24) is 15.4 Å². The smallest absolute Gasteiger partial charge is 0.269 e. The number of amides is 1. The van der Waals surface area contributed by atoms with Crippen LogP contribution >= 0.6 is 15.9 Å². The lowest BCUT2D eigenvalue weighted by Gasteiger charge is -2.13. The molecule has 0 aliphatic carbocycles. The Hall–Kier alpha value is -3.13. The van der Waals surface area contributed by atoms with E-state index in [0.29, 0.717) is 22.9 Å². The number of rotatable bonds is 6. The number of hydrazine groups is 1. The zero-order valence-corrected chi connectivity index (χ0v) is 16.2. The standard InChI is InChI=1S/C19H19BrN6O/c1-2-12-3-9-15(10-4-12)24-17-16(21)18(23-11-22-17)25-26-19(27)13-5-7-14(20)8-6-13/h3-11H,2,21H2,1H3,(H,26,27)(H2,22,23,24,25). The Balaban J connectivity index is 1.68. The molecule has 2 aromatic carbocycles. The molecule has 0 radical (unpaired) electrons. The summed E-state index contributed by atoms with van der Waals surface area (Å²) in [6, 6.07) is 15.0. The van der Waals surface area contributed by atoms with E-state index < -0.39 is 0 Å². The van der Waals surface area contributed by atoms with E-state index in [0.717, 1.165) is 16.6 Å². The first-order valence-corrected chi connectivity index (χ1v) is 9.14. The molecule has 27 heavy (non-hydrogen) atoms. The second-order valence-corrected chi connectivity index (χ2v) is 6.66. The van der Waals surface area contributed by atoms with Crippen molar-refractivity contribution >= 4 is 44.8 Å². The summed E-state index contributed by atoms with van der Waals surface area (Å²) in [5, 5.41) is 3.16. The van der Waals surface area contributed by atoms with E-state index in [4.69, 9.17) is 5.73 Å². The average molecular weight is 427 g/mol. The van der Waals surface area contributed by atoms with E-state index in [2.05, 4.69) is 49.0 Å². The second-order valence-electron chi connectivity index (χ2n) is 5.75. The molecule has 1 amide bonds. The molecule has 0 atom stereocenters. The number of carbonyl (C=O) groups is 1. The highest BCUT2D eigenvalue weighted by Gasteiger charge is 2.10. The summed E-state index contributed by atoms with van der Waals surface area (Å²) < 4.78 is 0.898. The predicted molar refractivity (Wildman–Crippen MR) is 111 cm³/mol. The number of nitrogen functional groups attached to an aromatic ring is 1. The minimum absolute atomic E-state index is 0.299. The van der Waals surface area contributed by atoms with Gasteiger partial charge in [-0.3, -0.25) is 15.6 Å². The van der Waals surface area contributed by atoms with Crippen molar-refractivity contribution in [2.24, 2.45) is 0 Å². The molecule has 0 aliphatic heterocycles. The Labute approximate surface area is 165 Å². The maximum Gasteiger partial charge on any atom is 0.269 e. The molecule has 138 valence electrons. The van der Waals surface area contributed by atoms with Crippen LogP contribution in [-0.4, -0.2) is 15.9 Å². The molecule has 3 aromatic rings. The Morgan fingerprint density at radius 2 is 1.70 bits per heavy atom. The van der Waals surface area contributed by atoms with Crippen LogP contribution in [0.25, 0.3) is 0 Å². The number of aryl methyl sites for hydroxylation is 1. The van der Waals surface area contributed by atoms with E-state index in [9.17, 15) is 4.79 Å². The third kappa shape index (κ3) is 4.73. The van der Waals surface area contributed by atoms with Gasteiger partial charge in [-0.05, 0) is 48.4 Å². The summed E-state index contributed by atoms with van der Waals surface area (Å²) in [5.41, 5.74) is 14.4. The minimum atomic E-state index is -0.301. The molecule has 0 saturated heterocycles. The second kappa shape index (κ2) is 8.50. The summed E-state index contributed by atoms with van der Waals surface area (Å²) in [4.78, 5) is 20.4. The number of hydrogen-bond donors (Lipinski definition) is 4. The molecule has 8 heteroatoms. The number of halogens is 1. The lowest BCUT2D eigenvalue weighted by Crippen LogP contribution is -2.30. The molecule has 0 bridgehead atoms. The summed E-state index contributed by atoms with van der Waals surface area (Å²) >= 11 is 3.34. The largest absolute Gasteiger partial charge is 0.393 e. The van der Waals surface area contributed by atoms with Crippen LogP contribution in [0, 0.1) is 0 Å². The number of nitrogens with zero attached hydrogens (tertiary/aromatic N) is 2.